The minimum absolute atomic E-state index is 0.526. The molecule has 2 aromatic carbocycles. The normalized spacial score (nSPS) is 11.3. The van der Waals surface area contributed by atoms with Crippen LogP contribution in [-0.2, 0) is 0 Å². The number of benzene rings is 2. The fourth-order valence-corrected chi connectivity index (χ4v) is 3.98. The molecule has 0 bridgehead atoms. The molecule has 0 spiro atoms. The summed E-state index contributed by atoms with van der Waals surface area (Å²) in [6, 6.07) is 15.5. The number of aromatic nitrogens is 1. The molecule has 3 rings (SSSR count). The number of nitriles is 1. The molecule has 0 aliphatic heterocycles. The first kappa shape index (κ1) is 17.4. The van der Waals surface area contributed by atoms with Crippen LogP contribution >= 0.6 is 57.1 Å². The number of hydrogen-bond donors (Lipinski definition) is 0. The van der Waals surface area contributed by atoms with Gasteiger partial charge in [-0.15, -0.1) is 11.3 Å². The highest BCUT2D eigenvalue weighted by atomic mass is 127. The molecular weight excluding hydrogens is 474 g/mol. The van der Waals surface area contributed by atoms with Crippen LogP contribution in [-0.4, -0.2) is 4.98 Å². The maximum atomic E-state index is 9.48. The Bertz CT molecular complexity index is 973. The van der Waals surface area contributed by atoms with Crippen molar-refractivity contribution in [3.63, 3.8) is 0 Å². The van der Waals surface area contributed by atoms with Gasteiger partial charge in [0.2, 0.25) is 0 Å². The quantitative estimate of drug-likeness (QED) is 0.304. The van der Waals surface area contributed by atoms with E-state index in [1.165, 1.54) is 11.3 Å². The van der Waals surface area contributed by atoms with Crippen molar-refractivity contribution in [2.24, 2.45) is 0 Å². The van der Waals surface area contributed by atoms with Gasteiger partial charge < -0.3 is 0 Å². The summed E-state index contributed by atoms with van der Waals surface area (Å²) < 4.78 is 1.12. The molecule has 0 atom stereocenters. The number of rotatable bonds is 3. The summed E-state index contributed by atoms with van der Waals surface area (Å²) in [6.45, 7) is 0. The first-order valence-corrected chi connectivity index (χ1v) is 9.57. The van der Waals surface area contributed by atoms with Gasteiger partial charge >= 0.3 is 0 Å². The van der Waals surface area contributed by atoms with Crippen LogP contribution < -0.4 is 0 Å². The van der Waals surface area contributed by atoms with Crippen LogP contribution in [0.2, 0.25) is 10.0 Å². The van der Waals surface area contributed by atoms with Crippen LogP contribution in [0.5, 0.6) is 0 Å². The first-order valence-electron chi connectivity index (χ1n) is 6.85. The highest BCUT2D eigenvalue weighted by molar-refractivity contribution is 14.1. The highest BCUT2D eigenvalue weighted by Crippen LogP contribution is 2.33. The van der Waals surface area contributed by atoms with Gasteiger partial charge in [-0.1, -0.05) is 35.3 Å². The summed E-state index contributed by atoms with van der Waals surface area (Å²) in [5.41, 5.74) is 3.04. The number of hydrogen-bond acceptors (Lipinski definition) is 3. The van der Waals surface area contributed by atoms with Gasteiger partial charge in [0, 0.05) is 19.5 Å². The third-order valence-corrected chi connectivity index (χ3v) is 5.32. The van der Waals surface area contributed by atoms with Gasteiger partial charge in [-0.05, 0) is 64.6 Å². The molecule has 0 unspecified atom stereocenters. The second kappa shape index (κ2) is 7.66. The van der Waals surface area contributed by atoms with Crippen molar-refractivity contribution in [1.82, 2.24) is 4.98 Å². The largest absolute Gasteiger partial charge is 0.235 e. The van der Waals surface area contributed by atoms with Gasteiger partial charge in [-0.3, -0.25) is 0 Å². The van der Waals surface area contributed by atoms with E-state index in [4.69, 9.17) is 23.2 Å². The Morgan fingerprint density at radius 3 is 2.75 bits per heavy atom. The van der Waals surface area contributed by atoms with Crippen molar-refractivity contribution in [3.8, 4) is 17.3 Å². The molecule has 0 saturated heterocycles. The molecule has 0 aliphatic rings. The standard InChI is InChI=1S/C18H9Cl2IN2S/c19-13-4-5-15(16(20)8-13)17-10-24-18(23-17)12(9-22)6-11-2-1-3-14(21)7-11/h1-8,10H. The van der Waals surface area contributed by atoms with Gasteiger partial charge in [-0.25, -0.2) is 4.98 Å². The lowest BCUT2D eigenvalue weighted by atomic mass is 10.1. The highest BCUT2D eigenvalue weighted by Gasteiger charge is 2.12. The number of thiazole rings is 1. The maximum absolute atomic E-state index is 9.48. The van der Waals surface area contributed by atoms with E-state index in [0.717, 1.165) is 20.4 Å². The Labute approximate surface area is 167 Å². The molecule has 0 N–H and O–H groups in total. The fourth-order valence-electron chi connectivity index (χ4n) is 2.12. The molecule has 3 aromatic rings. The Morgan fingerprint density at radius 2 is 2.04 bits per heavy atom. The summed E-state index contributed by atoms with van der Waals surface area (Å²) in [7, 11) is 0. The predicted molar refractivity (Wildman–Crippen MR) is 110 cm³/mol. The predicted octanol–water partition coefficient (Wildman–Crippen LogP) is 6.79. The van der Waals surface area contributed by atoms with E-state index < -0.39 is 0 Å². The van der Waals surface area contributed by atoms with E-state index in [0.29, 0.717) is 20.6 Å². The molecule has 6 heteroatoms. The zero-order chi connectivity index (χ0) is 17.1. The molecule has 118 valence electrons. The Morgan fingerprint density at radius 1 is 1.21 bits per heavy atom. The maximum Gasteiger partial charge on any atom is 0.134 e. The van der Waals surface area contributed by atoms with E-state index in [1.807, 2.05) is 41.8 Å². The van der Waals surface area contributed by atoms with Crippen molar-refractivity contribution < 1.29 is 0 Å². The summed E-state index contributed by atoms with van der Waals surface area (Å²) in [4.78, 5) is 4.56. The smallest absolute Gasteiger partial charge is 0.134 e. The lowest BCUT2D eigenvalue weighted by molar-refractivity contribution is 1.37. The molecule has 1 heterocycles. The van der Waals surface area contributed by atoms with Crippen molar-refractivity contribution >= 4 is 68.8 Å². The topological polar surface area (TPSA) is 36.7 Å². The average molecular weight is 483 g/mol. The summed E-state index contributed by atoms with van der Waals surface area (Å²) >= 11 is 15.8. The average Bonchev–Trinajstić information content (AvgIpc) is 3.02. The van der Waals surface area contributed by atoms with Crippen molar-refractivity contribution in [2.75, 3.05) is 0 Å². The lowest BCUT2D eigenvalue weighted by Gasteiger charge is -2.01. The molecule has 0 fully saturated rings. The van der Waals surface area contributed by atoms with Crippen molar-refractivity contribution in [3.05, 3.63) is 72.0 Å². The summed E-state index contributed by atoms with van der Waals surface area (Å²) in [5.74, 6) is 0. The molecule has 2 nitrogen and oxygen atoms in total. The third-order valence-electron chi connectivity index (χ3n) is 3.22. The van der Waals surface area contributed by atoms with Gasteiger partial charge in [-0.2, -0.15) is 5.26 Å². The molecular formula is C18H9Cl2IN2S. The SMILES string of the molecule is N#CC(=Cc1cccc(I)c1)c1nc(-c2ccc(Cl)cc2Cl)cs1. The molecule has 0 aliphatic carbocycles. The molecule has 0 saturated carbocycles. The van der Waals surface area contributed by atoms with Gasteiger partial charge in [0.1, 0.15) is 11.1 Å². The second-order valence-electron chi connectivity index (χ2n) is 4.89. The van der Waals surface area contributed by atoms with Gasteiger partial charge in [0.05, 0.1) is 16.3 Å². The molecule has 0 radical (unpaired) electrons. The van der Waals surface area contributed by atoms with Crippen LogP contribution in [0.15, 0.2) is 47.8 Å². The van der Waals surface area contributed by atoms with E-state index in [1.54, 1.807) is 12.1 Å². The number of allylic oxidation sites excluding steroid dienone is 1. The summed E-state index contributed by atoms with van der Waals surface area (Å²) in [5, 5.41) is 13.2. The van der Waals surface area contributed by atoms with Crippen LogP contribution in [0.4, 0.5) is 0 Å². The fraction of sp³-hybridized carbons (Fsp3) is 0. The lowest BCUT2D eigenvalue weighted by Crippen LogP contribution is -1.84. The van der Waals surface area contributed by atoms with Gasteiger partial charge in [0.25, 0.3) is 0 Å². The molecule has 0 amide bonds. The zero-order valence-corrected chi connectivity index (χ0v) is 16.6. The zero-order valence-electron chi connectivity index (χ0n) is 12.1. The van der Waals surface area contributed by atoms with Crippen LogP contribution in [0.1, 0.15) is 10.6 Å². The Hall–Kier alpha value is -1.39. The van der Waals surface area contributed by atoms with E-state index in [9.17, 15) is 5.26 Å². The minimum atomic E-state index is 0.526. The van der Waals surface area contributed by atoms with E-state index in [2.05, 4.69) is 33.6 Å². The first-order chi connectivity index (χ1) is 11.6. The molecule has 1 aromatic heterocycles. The van der Waals surface area contributed by atoms with Crippen LogP contribution in [0.25, 0.3) is 22.9 Å². The Kier molecular flexibility index (Phi) is 5.57. The molecule has 24 heavy (non-hydrogen) atoms. The monoisotopic (exact) mass is 482 g/mol. The van der Waals surface area contributed by atoms with Crippen LogP contribution in [0, 0.1) is 14.9 Å². The number of halogens is 3. The van der Waals surface area contributed by atoms with E-state index >= 15 is 0 Å². The van der Waals surface area contributed by atoms with E-state index in [-0.39, 0.29) is 0 Å². The Balaban J connectivity index is 1.98. The van der Waals surface area contributed by atoms with Crippen molar-refractivity contribution in [2.45, 2.75) is 0 Å². The number of nitrogens with zero attached hydrogens (tertiary/aromatic N) is 2. The minimum Gasteiger partial charge on any atom is -0.235 e. The van der Waals surface area contributed by atoms with Gasteiger partial charge in [0.15, 0.2) is 0 Å². The van der Waals surface area contributed by atoms with Crippen molar-refractivity contribution in [1.29, 1.82) is 5.26 Å². The van der Waals surface area contributed by atoms with Crippen LogP contribution in [0.3, 0.4) is 0 Å². The second-order valence-corrected chi connectivity index (χ2v) is 7.83. The third kappa shape index (κ3) is 3.98. The summed E-state index contributed by atoms with van der Waals surface area (Å²) in [6.07, 6.45) is 1.84.